The first-order valence-electron chi connectivity index (χ1n) is 14.4. The van der Waals surface area contributed by atoms with Gasteiger partial charge in [0.2, 0.25) is 21.8 Å². The molecule has 7 nitrogen and oxygen atoms in total. The molecule has 1 atom stereocenters. The van der Waals surface area contributed by atoms with Gasteiger partial charge in [0.15, 0.2) is 0 Å². The highest BCUT2D eigenvalue weighted by Gasteiger charge is 2.34. The van der Waals surface area contributed by atoms with Crippen molar-refractivity contribution < 1.29 is 18.0 Å². The molecular formula is C33H40ClN3O4S. The van der Waals surface area contributed by atoms with Gasteiger partial charge in [-0.3, -0.25) is 13.9 Å². The largest absolute Gasteiger partial charge is 0.352 e. The zero-order chi connectivity index (χ0) is 30.3. The van der Waals surface area contributed by atoms with E-state index in [4.69, 9.17) is 11.6 Å². The molecule has 0 bridgehead atoms. The number of anilines is 1. The highest BCUT2D eigenvalue weighted by Crippen LogP contribution is 2.29. The molecule has 0 aromatic heterocycles. The van der Waals surface area contributed by atoms with E-state index in [0.717, 1.165) is 59.4 Å². The molecule has 42 heavy (non-hydrogen) atoms. The van der Waals surface area contributed by atoms with Gasteiger partial charge in [0.05, 0.1) is 11.9 Å². The van der Waals surface area contributed by atoms with Crippen LogP contribution in [0.3, 0.4) is 0 Å². The van der Waals surface area contributed by atoms with Gasteiger partial charge >= 0.3 is 0 Å². The van der Waals surface area contributed by atoms with E-state index in [-0.39, 0.29) is 18.5 Å². The number of sulfonamides is 1. The molecule has 1 aliphatic rings. The van der Waals surface area contributed by atoms with Gasteiger partial charge in [-0.15, -0.1) is 0 Å². The number of benzene rings is 3. The SMILES string of the molecule is Cc1ccc(CN(C(=O)CN(c2cccc(Cl)c2C)S(C)(=O)=O)C(Cc2ccccc2)C(=O)NC2CCCCC2)cc1. The van der Waals surface area contributed by atoms with Crippen LogP contribution < -0.4 is 9.62 Å². The van der Waals surface area contributed by atoms with E-state index in [9.17, 15) is 18.0 Å². The maximum absolute atomic E-state index is 14.3. The van der Waals surface area contributed by atoms with Crippen molar-refractivity contribution in [2.75, 3.05) is 17.1 Å². The van der Waals surface area contributed by atoms with Crippen LogP contribution in [0, 0.1) is 13.8 Å². The molecule has 9 heteroatoms. The lowest BCUT2D eigenvalue weighted by molar-refractivity contribution is -0.140. The lowest BCUT2D eigenvalue weighted by Gasteiger charge is -2.35. The molecule has 2 amide bonds. The Hall–Kier alpha value is -3.36. The fourth-order valence-corrected chi connectivity index (χ4v) is 6.52. The number of aryl methyl sites for hydroxylation is 1. The molecule has 0 heterocycles. The summed E-state index contributed by atoms with van der Waals surface area (Å²) in [4.78, 5) is 29.8. The molecule has 1 N–H and O–H groups in total. The Morgan fingerprint density at radius 3 is 2.21 bits per heavy atom. The van der Waals surface area contributed by atoms with Gasteiger partial charge in [-0.25, -0.2) is 8.42 Å². The Kier molecular flexibility index (Phi) is 10.7. The van der Waals surface area contributed by atoms with Crippen LogP contribution >= 0.6 is 11.6 Å². The minimum atomic E-state index is -3.87. The number of nitrogens with zero attached hydrogens (tertiary/aromatic N) is 2. The minimum Gasteiger partial charge on any atom is -0.352 e. The monoisotopic (exact) mass is 609 g/mol. The lowest BCUT2D eigenvalue weighted by atomic mass is 9.94. The molecule has 3 aromatic carbocycles. The Balaban J connectivity index is 1.73. The molecule has 1 fully saturated rings. The van der Waals surface area contributed by atoms with E-state index < -0.39 is 28.5 Å². The van der Waals surface area contributed by atoms with Crippen LogP contribution in [0.5, 0.6) is 0 Å². The van der Waals surface area contributed by atoms with Crippen molar-refractivity contribution in [2.45, 2.75) is 71.0 Å². The molecule has 4 rings (SSSR count). The van der Waals surface area contributed by atoms with Gasteiger partial charge in [-0.05, 0) is 55.5 Å². The summed E-state index contributed by atoms with van der Waals surface area (Å²) in [5, 5.41) is 3.62. The molecule has 0 radical (unpaired) electrons. The van der Waals surface area contributed by atoms with E-state index in [1.807, 2.05) is 61.5 Å². The molecule has 1 unspecified atom stereocenters. The third-order valence-corrected chi connectivity index (χ3v) is 9.42. The van der Waals surface area contributed by atoms with Crippen LogP contribution in [0.2, 0.25) is 5.02 Å². The van der Waals surface area contributed by atoms with Crippen molar-refractivity contribution in [1.29, 1.82) is 0 Å². The fourth-order valence-electron chi connectivity index (χ4n) is 5.45. The van der Waals surface area contributed by atoms with Gasteiger partial charge < -0.3 is 10.2 Å². The molecule has 0 spiro atoms. The maximum atomic E-state index is 14.3. The zero-order valence-electron chi connectivity index (χ0n) is 24.6. The van der Waals surface area contributed by atoms with Crippen LogP contribution in [0.4, 0.5) is 5.69 Å². The Morgan fingerprint density at radius 2 is 1.57 bits per heavy atom. The highest BCUT2D eigenvalue weighted by atomic mass is 35.5. The Morgan fingerprint density at radius 1 is 0.905 bits per heavy atom. The predicted molar refractivity (Wildman–Crippen MR) is 169 cm³/mol. The standard InChI is InChI=1S/C33H40ClN3O4S/c1-24-17-19-27(20-18-24)22-36(32(38)23-37(42(3,40)41)30-16-10-15-29(34)25(30)2)31(21-26-11-6-4-7-12-26)33(39)35-28-13-8-5-9-14-28/h4,6-7,10-12,15-20,28,31H,5,8-9,13-14,21-23H2,1-3H3,(H,35,39). The Bertz CT molecular complexity index is 1470. The summed E-state index contributed by atoms with van der Waals surface area (Å²) in [6, 6.07) is 21.6. The predicted octanol–water partition coefficient (Wildman–Crippen LogP) is 5.81. The van der Waals surface area contributed by atoms with Crippen molar-refractivity contribution >= 4 is 39.1 Å². The van der Waals surface area contributed by atoms with Crippen LogP contribution in [0.15, 0.2) is 72.8 Å². The van der Waals surface area contributed by atoms with Crippen LogP contribution in [-0.4, -0.2) is 50.0 Å². The second-order valence-corrected chi connectivity index (χ2v) is 13.5. The van der Waals surface area contributed by atoms with Crippen molar-refractivity contribution in [1.82, 2.24) is 10.2 Å². The maximum Gasteiger partial charge on any atom is 0.244 e. The van der Waals surface area contributed by atoms with Gasteiger partial charge in [-0.2, -0.15) is 0 Å². The first kappa shape index (κ1) is 31.6. The van der Waals surface area contributed by atoms with E-state index in [1.165, 1.54) is 4.90 Å². The molecule has 224 valence electrons. The summed E-state index contributed by atoms with van der Waals surface area (Å²) < 4.78 is 27.2. The Labute approximate surface area is 254 Å². The van der Waals surface area contributed by atoms with Crippen molar-refractivity contribution in [3.05, 3.63) is 100 Å². The molecule has 1 saturated carbocycles. The summed E-state index contributed by atoms with van der Waals surface area (Å²) in [5.74, 6) is -0.698. The summed E-state index contributed by atoms with van der Waals surface area (Å²) in [6.45, 7) is 3.40. The minimum absolute atomic E-state index is 0.0579. The molecular weight excluding hydrogens is 570 g/mol. The highest BCUT2D eigenvalue weighted by molar-refractivity contribution is 7.92. The van der Waals surface area contributed by atoms with Crippen molar-refractivity contribution in [3.8, 4) is 0 Å². The molecule has 1 aliphatic carbocycles. The van der Waals surface area contributed by atoms with Crippen LogP contribution in [-0.2, 0) is 32.6 Å². The normalized spacial score (nSPS) is 14.7. The number of rotatable bonds is 11. The molecule has 0 aliphatic heterocycles. The second kappa shape index (κ2) is 14.2. The number of carbonyl (C=O) groups excluding carboxylic acids is 2. The lowest BCUT2D eigenvalue weighted by Crippen LogP contribution is -2.55. The average Bonchev–Trinajstić information content (AvgIpc) is 2.96. The van der Waals surface area contributed by atoms with Gasteiger partial charge in [0.1, 0.15) is 12.6 Å². The molecule has 0 saturated heterocycles. The number of hydrogen-bond donors (Lipinski definition) is 1. The smallest absolute Gasteiger partial charge is 0.244 e. The summed E-state index contributed by atoms with van der Waals surface area (Å²) in [5.41, 5.74) is 3.72. The summed E-state index contributed by atoms with van der Waals surface area (Å²) in [6.07, 6.45) is 6.46. The van der Waals surface area contributed by atoms with E-state index in [1.54, 1.807) is 25.1 Å². The third kappa shape index (κ3) is 8.35. The number of halogens is 1. The van der Waals surface area contributed by atoms with E-state index >= 15 is 0 Å². The van der Waals surface area contributed by atoms with E-state index in [2.05, 4.69) is 5.32 Å². The zero-order valence-corrected chi connectivity index (χ0v) is 26.1. The van der Waals surface area contributed by atoms with Crippen molar-refractivity contribution in [3.63, 3.8) is 0 Å². The number of carbonyl (C=O) groups is 2. The first-order valence-corrected chi connectivity index (χ1v) is 16.7. The fraction of sp³-hybridized carbons (Fsp3) is 0.394. The summed E-state index contributed by atoms with van der Waals surface area (Å²) >= 11 is 6.33. The van der Waals surface area contributed by atoms with Crippen LogP contribution in [0.1, 0.15) is 54.4 Å². The van der Waals surface area contributed by atoms with Crippen molar-refractivity contribution in [2.24, 2.45) is 0 Å². The summed E-state index contributed by atoms with van der Waals surface area (Å²) in [7, 11) is -3.87. The topological polar surface area (TPSA) is 86.8 Å². The van der Waals surface area contributed by atoms with E-state index in [0.29, 0.717) is 22.7 Å². The number of amides is 2. The average molecular weight is 610 g/mol. The second-order valence-electron chi connectivity index (χ2n) is 11.2. The quantitative estimate of drug-likeness (QED) is 0.297. The van der Waals surface area contributed by atoms with Crippen LogP contribution in [0.25, 0.3) is 0 Å². The number of hydrogen-bond acceptors (Lipinski definition) is 4. The third-order valence-electron chi connectivity index (χ3n) is 7.88. The molecule has 3 aromatic rings. The number of nitrogens with one attached hydrogen (secondary N) is 1. The first-order chi connectivity index (χ1) is 20.0. The van der Waals surface area contributed by atoms with Gasteiger partial charge in [0.25, 0.3) is 0 Å². The van der Waals surface area contributed by atoms with Gasteiger partial charge in [-0.1, -0.05) is 97.1 Å². The van der Waals surface area contributed by atoms with Gasteiger partial charge in [0, 0.05) is 24.0 Å².